The fourth-order valence-electron chi connectivity index (χ4n) is 11.7. The van der Waals surface area contributed by atoms with E-state index in [0.717, 1.165) is 59.0 Å². The van der Waals surface area contributed by atoms with E-state index < -0.39 is 0 Å². The minimum atomic E-state index is 0.292. The normalized spacial score (nSPS) is 35.5. The average Bonchev–Trinajstić information content (AvgIpc) is 3.51. The van der Waals surface area contributed by atoms with Gasteiger partial charge in [-0.15, -0.1) is 0 Å². The van der Waals surface area contributed by atoms with E-state index in [0.29, 0.717) is 22.2 Å². The second-order valence-corrected chi connectivity index (χ2v) is 16.4. The van der Waals surface area contributed by atoms with E-state index >= 15 is 0 Å². The third-order valence-electron chi connectivity index (χ3n) is 13.6. The van der Waals surface area contributed by atoms with Crippen LogP contribution in [0.4, 0.5) is 11.4 Å². The molecule has 0 heterocycles. The van der Waals surface area contributed by atoms with Gasteiger partial charge in [0.1, 0.15) is 0 Å². The molecule has 280 valence electrons. The van der Waals surface area contributed by atoms with Gasteiger partial charge in [-0.2, -0.15) is 0 Å². The lowest BCUT2D eigenvalue weighted by molar-refractivity contribution is -0.0534. The zero-order chi connectivity index (χ0) is 37.3. The van der Waals surface area contributed by atoms with Crippen molar-refractivity contribution in [3.8, 4) is 0 Å². The summed E-state index contributed by atoms with van der Waals surface area (Å²) >= 11 is 0. The highest BCUT2D eigenvalue weighted by Gasteiger charge is 2.71. The molecule has 0 amide bonds. The molecule has 5 aliphatic rings. The van der Waals surface area contributed by atoms with Crippen LogP contribution in [0.5, 0.6) is 0 Å². The van der Waals surface area contributed by atoms with E-state index in [1.165, 1.54) is 68.9 Å². The Balaban J connectivity index is 0.000000613. The maximum Gasteiger partial charge on any atom is 0.0370 e. The number of fused-ring (bicyclic) bond motifs is 7. The quantitative estimate of drug-likeness (QED) is 0.207. The molecule has 0 bridgehead atoms. The SMILES string of the molecule is CC.CC.CC.CC(C)=CCCC(C)C1CCC2C3CC=C4C(C)(CCC5C(c6ccc(N)cc6N)C45C)C3CCC12C.CC/C=C(\C)N. The number of anilines is 2. The Morgan fingerprint density at radius 1 is 0.857 bits per heavy atom. The molecule has 0 saturated heterocycles. The molecule has 4 fully saturated rings. The van der Waals surface area contributed by atoms with Gasteiger partial charge in [-0.25, -0.2) is 0 Å². The number of hydrogen-bond acceptors (Lipinski definition) is 3. The first-order valence-corrected chi connectivity index (χ1v) is 20.7. The van der Waals surface area contributed by atoms with Crippen molar-refractivity contribution < 1.29 is 0 Å². The Kier molecular flexibility index (Phi) is 16.1. The summed E-state index contributed by atoms with van der Waals surface area (Å²) in [5.41, 5.74) is 26.3. The van der Waals surface area contributed by atoms with Gasteiger partial charge in [0, 0.05) is 17.1 Å². The predicted octanol–water partition coefficient (Wildman–Crippen LogP) is 13.5. The molecule has 0 spiro atoms. The average molecular weight is 676 g/mol. The largest absolute Gasteiger partial charge is 0.403 e. The molecule has 49 heavy (non-hydrogen) atoms. The lowest BCUT2D eigenvalue weighted by Crippen LogP contribution is -2.51. The molecular formula is C46H81N3. The van der Waals surface area contributed by atoms with Crippen LogP contribution in [0.2, 0.25) is 0 Å². The summed E-state index contributed by atoms with van der Waals surface area (Å²) < 4.78 is 0. The van der Waals surface area contributed by atoms with E-state index in [2.05, 4.69) is 72.8 Å². The van der Waals surface area contributed by atoms with Gasteiger partial charge in [-0.05, 0) is 160 Å². The number of benzene rings is 1. The van der Waals surface area contributed by atoms with Crippen molar-refractivity contribution in [3.05, 3.63) is 58.8 Å². The first kappa shape index (κ1) is 43.0. The van der Waals surface area contributed by atoms with E-state index in [4.69, 9.17) is 17.2 Å². The van der Waals surface area contributed by atoms with Crippen LogP contribution in [0.1, 0.15) is 173 Å². The van der Waals surface area contributed by atoms with Gasteiger partial charge in [0.2, 0.25) is 0 Å². The Bertz CT molecular complexity index is 1260. The third kappa shape index (κ3) is 8.49. The van der Waals surface area contributed by atoms with E-state index in [-0.39, 0.29) is 0 Å². The van der Waals surface area contributed by atoms with Gasteiger partial charge < -0.3 is 17.2 Å². The van der Waals surface area contributed by atoms with E-state index in [1.807, 2.05) is 66.2 Å². The van der Waals surface area contributed by atoms with Crippen LogP contribution in [0.3, 0.4) is 0 Å². The van der Waals surface area contributed by atoms with Crippen LogP contribution < -0.4 is 17.2 Å². The monoisotopic (exact) mass is 676 g/mol. The maximum absolute atomic E-state index is 6.54. The number of allylic oxidation sites excluding steroid dienone is 6. The van der Waals surface area contributed by atoms with Crippen molar-refractivity contribution in [1.82, 2.24) is 0 Å². The molecule has 4 saturated carbocycles. The summed E-state index contributed by atoms with van der Waals surface area (Å²) in [6, 6.07) is 6.27. The number of nitrogens with two attached hydrogens (primary N) is 3. The minimum Gasteiger partial charge on any atom is -0.403 e. The molecule has 3 heteroatoms. The Labute approximate surface area is 305 Å². The second kappa shape index (κ2) is 18.4. The Morgan fingerprint density at radius 3 is 2.04 bits per heavy atom. The molecule has 1 aromatic carbocycles. The molecule has 0 aliphatic heterocycles. The fraction of sp³-hybridized carbons (Fsp3) is 0.739. The lowest BCUT2D eigenvalue weighted by atomic mass is 9.46. The van der Waals surface area contributed by atoms with Gasteiger partial charge in [0.15, 0.2) is 0 Å². The third-order valence-corrected chi connectivity index (χ3v) is 13.6. The molecule has 10 atom stereocenters. The molecular weight excluding hydrogens is 595 g/mol. The molecule has 3 nitrogen and oxygen atoms in total. The molecule has 5 aliphatic carbocycles. The van der Waals surface area contributed by atoms with Gasteiger partial charge in [-0.1, -0.05) is 112 Å². The van der Waals surface area contributed by atoms with Gasteiger partial charge in [-0.3, -0.25) is 0 Å². The second-order valence-electron chi connectivity index (χ2n) is 16.4. The highest BCUT2D eigenvalue weighted by molar-refractivity contribution is 5.62. The highest BCUT2D eigenvalue weighted by Crippen LogP contribution is 2.80. The smallest absolute Gasteiger partial charge is 0.0370 e. The minimum absolute atomic E-state index is 0.292. The summed E-state index contributed by atoms with van der Waals surface area (Å²) in [6.45, 7) is 31.0. The standard InChI is InChI=1S/C35H52N2.C5H11N.3C2H6/c1-21(2)8-7-9-22(3)26-13-14-27-24-12-15-31-34(5,28(24)16-18-33(26,27)4)19-17-29-32(35(29,31)6)25-11-10-23(36)20-30(25)37;1-3-4-5(2)6;3*1-2/h8,10-11,15,20,22,24,26-29,32H,7,9,12-14,16-19,36-37H2,1-6H3;4H,3,6H2,1-2H3;3*1-2H3/b;5-4+;;;. The Morgan fingerprint density at radius 2 is 1.49 bits per heavy atom. The van der Waals surface area contributed by atoms with E-state index in [1.54, 1.807) is 0 Å². The van der Waals surface area contributed by atoms with Crippen molar-refractivity contribution in [2.75, 3.05) is 11.5 Å². The number of rotatable bonds is 6. The zero-order valence-electron chi connectivity index (χ0n) is 34.8. The molecule has 6 rings (SSSR count). The summed E-state index contributed by atoms with van der Waals surface area (Å²) in [6.07, 6.45) is 20.8. The number of hydrogen-bond donors (Lipinski definition) is 3. The molecule has 6 N–H and O–H groups in total. The van der Waals surface area contributed by atoms with Gasteiger partial charge in [0.25, 0.3) is 0 Å². The topological polar surface area (TPSA) is 78.1 Å². The first-order chi connectivity index (χ1) is 23.3. The summed E-state index contributed by atoms with van der Waals surface area (Å²) in [4.78, 5) is 0. The van der Waals surface area contributed by atoms with Crippen LogP contribution in [0.25, 0.3) is 0 Å². The molecule has 0 aromatic heterocycles. The summed E-state index contributed by atoms with van der Waals surface area (Å²) in [5.74, 6) is 5.76. The Hall–Kier alpha value is -2.16. The zero-order valence-corrected chi connectivity index (χ0v) is 34.8. The molecule has 10 unspecified atom stereocenters. The van der Waals surface area contributed by atoms with Crippen molar-refractivity contribution in [2.45, 2.75) is 167 Å². The summed E-state index contributed by atoms with van der Waals surface area (Å²) in [7, 11) is 0. The predicted molar refractivity (Wildman–Crippen MR) is 220 cm³/mol. The van der Waals surface area contributed by atoms with Gasteiger partial charge >= 0.3 is 0 Å². The van der Waals surface area contributed by atoms with Crippen molar-refractivity contribution in [1.29, 1.82) is 0 Å². The van der Waals surface area contributed by atoms with Crippen molar-refractivity contribution in [2.24, 2.45) is 57.5 Å². The van der Waals surface area contributed by atoms with Crippen LogP contribution in [0.15, 0.2) is 53.3 Å². The molecule has 1 aromatic rings. The lowest BCUT2D eigenvalue weighted by Gasteiger charge is -2.59. The van der Waals surface area contributed by atoms with E-state index in [9.17, 15) is 0 Å². The number of nitrogen functional groups attached to an aromatic ring is 2. The summed E-state index contributed by atoms with van der Waals surface area (Å²) in [5, 5.41) is 0. The van der Waals surface area contributed by atoms with Crippen molar-refractivity contribution in [3.63, 3.8) is 0 Å². The molecule has 0 radical (unpaired) electrons. The van der Waals surface area contributed by atoms with Crippen molar-refractivity contribution >= 4 is 11.4 Å². The van der Waals surface area contributed by atoms with Crippen LogP contribution in [-0.2, 0) is 0 Å². The van der Waals surface area contributed by atoms with Crippen LogP contribution >= 0.6 is 0 Å². The highest BCUT2D eigenvalue weighted by atomic mass is 14.8. The van der Waals surface area contributed by atoms with Gasteiger partial charge in [0.05, 0.1) is 0 Å². The first-order valence-electron chi connectivity index (χ1n) is 20.7. The van der Waals surface area contributed by atoms with Crippen LogP contribution in [0, 0.1) is 51.8 Å². The fourth-order valence-corrected chi connectivity index (χ4v) is 11.7. The maximum atomic E-state index is 6.54. The van der Waals surface area contributed by atoms with Crippen LogP contribution in [-0.4, -0.2) is 0 Å².